The molecular weight excluding hydrogens is 430 g/mol. The van der Waals surface area contributed by atoms with Crippen LogP contribution in [-0.4, -0.2) is 27.1 Å². The maximum absolute atomic E-state index is 12.2. The van der Waals surface area contributed by atoms with Gasteiger partial charge in [-0.05, 0) is 30.3 Å². The number of carboxylic acid groups (broad SMARTS) is 2. The minimum atomic E-state index is -4.75. The Morgan fingerprint density at radius 3 is 1.57 bits per heavy atom. The molecule has 0 unspecified atom stereocenters. The summed E-state index contributed by atoms with van der Waals surface area (Å²) in [7, 11) is 0. The van der Waals surface area contributed by atoms with Crippen molar-refractivity contribution in [2.75, 3.05) is 5.73 Å². The molecule has 0 spiro atoms. The lowest BCUT2D eigenvalue weighted by molar-refractivity contribution is -0.385. The van der Waals surface area contributed by atoms with Crippen molar-refractivity contribution >= 4 is 23.3 Å². The molecule has 2 rings (SSSR count). The summed E-state index contributed by atoms with van der Waals surface area (Å²) in [5, 5.41) is 27.4. The van der Waals surface area contributed by atoms with Crippen molar-refractivity contribution in [3.63, 3.8) is 0 Å². The van der Waals surface area contributed by atoms with E-state index in [1.807, 2.05) is 0 Å². The second kappa shape index (κ2) is 8.67. The van der Waals surface area contributed by atoms with Crippen molar-refractivity contribution in [1.82, 2.24) is 0 Å². The van der Waals surface area contributed by atoms with Gasteiger partial charge < -0.3 is 15.9 Å². The highest BCUT2D eigenvalue weighted by molar-refractivity contribution is 5.93. The highest BCUT2D eigenvalue weighted by Crippen LogP contribution is 2.33. The first-order chi connectivity index (χ1) is 13.6. The quantitative estimate of drug-likeness (QED) is 0.279. The van der Waals surface area contributed by atoms with E-state index in [4.69, 9.17) is 15.9 Å². The van der Waals surface area contributed by atoms with Gasteiger partial charge in [-0.3, -0.25) is 10.1 Å². The van der Waals surface area contributed by atoms with Crippen LogP contribution in [0, 0.1) is 10.1 Å². The predicted octanol–water partition coefficient (Wildman–Crippen LogP) is 4.30. The van der Waals surface area contributed by atoms with Crippen LogP contribution >= 0.6 is 0 Å². The number of rotatable bonds is 3. The van der Waals surface area contributed by atoms with Gasteiger partial charge in [-0.25, -0.2) is 9.59 Å². The average molecular weight is 440 g/mol. The molecule has 0 bridgehead atoms. The number of hydrogen-bond donors (Lipinski definition) is 3. The number of nitrogen functional groups attached to an aromatic ring is 1. The van der Waals surface area contributed by atoms with Gasteiger partial charge in [-0.1, -0.05) is 0 Å². The van der Waals surface area contributed by atoms with Gasteiger partial charge >= 0.3 is 24.3 Å². The normalized spacial score (nSPS) is 11.3. The van der Waals surface area contributed by atoms with Crippen LogP contribution in [0.15, 0.2) is 36.4 Å². The highest BCUT2D eigenvalue weighted by atomic mass is 19.4. The molecule has 14 heteroatoms. The molecule has 0 amide bonds. The number of nitrogens with two attached hydrogens (primary N) is 1. The Morgan fingerprint density at radius 1 is 0.833 bits per heavy atom. The molecule has 0 fully saturated rings. The zero-order valence-corrected chi connectivity index (χ0v) is 14.3. The van der Waals surface area contributed by atoms with Crippen molar-refractivity contribution in [2.45, 2.75) is 12.4 Å². The number of carboxylic acids is 2. The number of halogens is 6. The van der Waals surface area contributed by atoms with Crippen LogP contribution in [0.3, 0.4) is 0 Å². The third-order valence-corrected chi connectivity index (χ3v) is 3.36. The molecule has 0 heterocycles. The Bertz CT molecular complexity index is 987. The second-order valence-electron chi connectivity index (χ2n) is 5.40. The third-order valence-electron chi connectivity index (χ3n) is 3.36. The molecule has 0 aliphatic heterocycles. The second-order valence-corrected chi connectivity index (χ2v) is 5.40. The van der Waals surface area contributed by atoms with E-state index in [-0.39, 0.29) is 11.6 Å². The van der Waals surface area contributed by atoms with Crippen molar-refractivity contribution in [3.05, 3.63) is 68.8 Å². The molecule has 2 aromatic rings. The Hall–Kier alpha value is -3.84. The first-order valence-corrected chi connectivity index (χ1v) is 7.34. The Kier molecular flexibility index (Phi) is 6.99. The molecule has 0 atom stereocenters. The number of benzene rings is 2. The van der Waals surface area contributed by atoms with E-state index in [0.29, 0.717) is 24.3 Å². The average Bonchev–Trinajstić information content (AvgIpc) is 2.59. The van der Waals surface area contributed by atoms with Crippen LogP contribution in [0.25, 0.3) is 0 Å². The molecule has 8 nitrogen and oxygen atoms in total. The van der Waals surface area contributed by atoms with Crippen LogP contribution < -0.4 is 5.73 Å². The SMILES string of the molecule is Nc1cc(C(F)(F)F)ccc1C(=O)O.O=C(O)c1ccc(C(F)(F)F)cc1[N+](=O)[O-]. The fourth-order valence-electron chi connectivity index (χ4n) is 1.97. The Labute approximate surface area is 162 Å². The first-order valence-electron chi connectivity index (χ1n) is 7.34. The fraction of sp³-hybridized carbons (Fsp3) is 0.125. The van der Waals surface area contributed by atoms with E-state index in [1.165, 1.54) is 0 Å². The van der Waals surface area contributed by atoms with Crippen molar-refractivity contribution in [2.24, 2.45) is 0 Å². The summed E-state index contributed by atoms with van der Waals surface area (Å²) in [6, 6.07) is 3.35. The molecule has 0 aliphatic carbocycles. The molecule has 4 N–H and O–H groups in total. The predicted molar refractivity (Wildman–Crippen MR) is 87.9 cm³/mol. The lowest BCUT2D eigenvalue weighted by Crippen LogP contribution is -2.08. The number of alkyl halides is 6. The van der Waals surface area contributed by atoms with E-state index in [1.54, 1.807) is 0 Å². The van der Waals surface area contributed by atoms with Gasteiger partial charge in [0.05, 0.1) is 21.6 Å². The van der Waals surface area contributed by atoms with E-state index in [2.05, 4.69) is 0 Å². The summed E-state index contributed by atoms with van der Waals surface area (Å²) >= 11 is 0. The maximum atomic E-state index is 12.2. The van der Waals surface area contributed by atoms with Gasteiger partial charge in [-0.2, -0.15) is 26.3 Å². The summed E-state index contributed by atoms with van der Waals surface area (Å²) in [6.45, 7) is 0. The Morgan fingerprint density at radius 2 is 1.23 bits per heavy atom. The first kappa shape index (κ1) is 24.2. The third kappa shape index (κ3) is 6.08. The van der Waals surface area contributed by atoms with Crippen molar-refractivity contribution < 1.29 is 51.1 Å². The van der Waals surface area contributed by atoms with E-state index >= 15 is 0 Å². The minimum Gasteiger partial charge on any atom is -0.478 e. The molecule has 0 radical (unpaired) electrons. The smallest absolute Gasteiger partial charge is 0.416 e. The Balaban J connectivity index is 0.000000303. The zero-order valence-electron chi connectivity index (χ0n) is 14.3. The number of carbonyl (C=O) groups is 2. The molecule has 2 aromatic carbocycles. The number of aromatic carboxylic acids is 2. The molecule has 30 heavy (non-hydrogen) atoms. The van der Waals surface area contributed by atoms with Crippen LogP contribution in [-0.2, 0) is 12.4 Å². The fourth-order valence-corrected chi connectivity index (χ4v) is 1.97. The molecule has 0 aliphatic rings. The lowest BCUT2D eigenvalue weighted by atomic mass is 10.1. The number of nitrogens with zero attached hydrogens (tertiary/aromatic N) is 1. The van der Waals surface area contributed by atoms with Crippen LogP contribution in [0.4, 0.5) is 37.7 Å². The van der Waals surface area contributed by atoms with Crippen LogP contribution in [0.5, 0.6) is 0 Å². The minimum absolute atomic E-state index is 0.198. The maximum Gasteiger partial charge on any atom is 0.416 e. The summed E-state index contributed by atoms with van der Waals surface area (Å²) in [6.07, 6.45) is -9.26. The van der Waals surface area contributed by atoms with E-state index < -0.39 is 57.3 Å². The lowest BCUT2D eigenvalue weighted by Gasteiger charge is -2.08. The van der Waals surface area contributed by atoms with Gasteiger partial charge in [0.25, 0.3) is 5.69 Å². The van der Waals surface area contributed by atoms with Crippen molar-refractivity contribution in [1.29, 1.82) is 0 Å². The molecule has 0 saturated carbocycles. The largest absolute Gasteiger partial charge is 0.478 e. The zero-order chi connectivity index (χ0) is 23.4. The number of anilines is 1. The van der Waals surface area contributed by atoms with Gasteiger partial charge in [0, 0.05) is 11.8 Å². The van der Waals surface area contributed by atoms with E-state index in [0.717, 1.165) is 6.07 Å². The van der Waals surface area contributed by atoms with Crippen LogP contribution in [0.1, 0.15) is 31.8 Å². The summed E-state index contributed by atoms with van der Waals surface area (Å²) in [5.41, 5.74) is 0.328. The summed E-state index contributed by atoms with van der Waals surface area (Å²) < 4.78 is 72.9. The number of hydrogen-bond acceptors (Lipinski definition) is 5. The summed E-state index contributed by atoms with van der Waals surface area (Å²) in [5.74, 6) is -3.00. The van der Waals surface area contributed by atoms with E-state index in [9.17, 15) is 46.0 Å². The van der Waals surface area contributed by atoms with Crippen molar-refractivity contribution in [3.8, 4) is 0 Å². The standard InChI is InChI=1S/C8H4F3NO4.C8H6F3NO2/c9-8(10,11)4-1-2-5(7(13)14)6(3-4)12(15)16;9-8(10,11)4-1-2-5(7(13)14)6(12)3-4/h1-3H,(H,13,14);1-3H,12H2,(H,13,14). The topological polar surface area (TPSA) is 144 Å². The van der Waals surface area contributed by atoms with Gasteiger partial charge in [0.1, 0.15) is 5.56 Å². The van der Waals surface area contributed by atoms with Crippen LogP contribution in [0.2, 0.25) is 0 Å². The van der Waals surface area contributed by atoms with Gasteiger partial charge in [-0.15, -0.1) is 0 Å². The monoisotopic (exact) mass is 440 g/mol. The molecule has 162 valence electrons. The number of nitro benzene ring substituents is 1. The number of nitro groups is 1. The molecule has 0 aromatic heterocycles. The van der Waals surface area contributed by atoms with Gasteiger partial charge in [0.2, 0.25) is 0 Å². The molecular formula is C16H10F6N2O6. The van der Waals surface area contributed by atoms with Gasteiger partial charge in [0.15, 0.2) is 0 Å². The molecule has 0 saturated heterocycles. The summed E-state index contributed by atoms with van der Waals surface area (Å²) in [4.78, 5) is 30.1. The highest BCUT2D eigenvalue weighted by Gasteiger charge is 2.34.